The summed E-state index contributed by atoms with van der Waals surface area (Å²) in [5.74, 6) is -0.440. The number of halogens is 2. The molecule has 0 saturated carbocycles. The van der Waals surface area contributed by atoms with Gasteiger partial charge in [-0.05, 0) is 12.1 Å². The van der Waals surface area contributed by atoms with Crippen LogP contribution in [0.25, 0.3) is 0 Å². The van der Waals surface area contributed by atoms with Crippen molar-refractivity contribution in [3.63, 3.8) is 0 Å². The molecule has 118 valence electrons. The van der Waals surface area contributed by atoms with E-state index in [1.54, 1.807) is 12.1 Å². The Labute approximate surface area is 136 Å². The quantitative estimate of drug-likeness (QED) is 0.837. The maximum Gasteiger partial charge on any atom is 0.345 e. The highest BCUT2D eigenvalue weighted by Crippen LogP contribution is 2.25. The Kier molecular flexibility index (Phi) is 5.23. The van der Waals surface area contributed by atoms with E-state index in [9.17, 15) is 14.7 Å². The van der Waals surface area contributed by atoms with Crippen molar-refractivity contribution >= 4 is 29.1 Å². The zero-order chi connectivity index (χ0) is 16.3. The molecule has 0 saturated heterocycles. The molecule has 1 aromatic heterocycles. The molecule has 0 bridgehead atoms. The van der Waals surface area contributed by atoms with Crippen LogP contribution in [0.15, 0.2) is 29.3 Å². The Morgan fingerprint density at radius 2 is 2.18 bits per heavy atom. The van der Waals surface area contributed by atoms with E-state index in [-0.39, 0.29) is 13.1 Å². The summed E-state index contributed by atoms with van der Waals surface area (Å²) >= 11 is 11.8. The zero-order valence-corrected chi connectivity index (χ0v) is 13.2. The minimum atomic E-state index is -0.978. The van der Waals surface area contributed by atoms with Crippen molar-refractivity contribution in [3.05, 3.63) is 50.6 Å². The first kappa shape index (κ1) is 16.5. The first-order valence-corrected chi connectivity index (χ1v) is 7.12. The fourth-order valence-corrected chi connectivity index (χ4v) is 2.35. The number of aromatic nitrogens is 3. The molecule has 7 nitrogen and oxygen atoms in total. The molecular weight excluding hydrogens is 331 g/mol. The Morgan fingerprint density at radius 3 is 2.77 bits per heavy atom. The molecule has 1 unspecified atom stereocenters. The molecule has 0 radical (unpaired) electrons. The zero-order valence-electron chi connectivity index (χ0n) is 11.7. The van der Waals surface area contributed by atoms with Crippen LogP contribution in [0.4, 0.5) is 0 Å². The molecule has 0 fully saturated rings. The van der Waals surface area contributed by atoms with Gasteiger partial charge in [-0.1, -0.05) is 29.3 Å². The Hall–Kier alpha value is -1.83. The van der Waals surface area contributed by atoms with Crippen LogP contribution in [0.1, 0.15) is 11.7 Å². The van der Waals surface area contributed by atoms with Crippen LogP contribution in [0.2, 0.25) is 10.0 Å². The van der Waals surface area contributed by atoms with E-state index >= 15 is 0 Å². The second-order valence-corrected chi connectivity index (χ2v) is 5.51. The Balaban J connectivity index is 1.93. The Morgan fingerprint density at radius 1 is 1.45 bits per heavy atom. The smallest absolute Gasteiger partial charge is 0.345 e. The van der Waals surface area contributed by atoms with E-state index in [0.717, 1.165) is 4.68 Å². The van der Waals surface area contributed by atoms with Crippen molar-refractivity contribution < 1.29 is 9.90 Å². The predicted molar refractivity (Wildman–Crippen MR) is 81.9 cm³/mol. The van der Waals surface area contributed by atoms with Crippen molar-refractivity contribution in [2.24, 2.45) is 7.05 Å². The van der Waals surface area contributed by atoms with Gasteiger partial charge in [0, 0.05) is 29.2 Å². The number of benzene rings is 1. The monoisotopic (exact) mass is 344 g/mol. The van der Waals surface area contributed by atoms with Gasteiger partial charge in [-0.3, -0.25) is 9.36 Å². The first-order valence-electron chi connectivity index (χ1n) is 6.36. The van der Waals surface area contributed by atoms with Gasteiger partial charge in [0.25, 0.3) is 0 Å². The highest BCUT2D eigenvalue weighted by molar-refractivity contribution is 6.35. The maximum atomic E-state index is 11.8. The van der Waals surface area contributed by atoms with Crippen LogP contribution in [0, 0.1) is 0 Å². The summed E-state index contributed by atoms with van der Waals surface area (Å²) in [6.07, 6.45) is 0.340. The third-order valence-electron chi connectivity index (χ3n) is 2.99. The van der Waals surface area contributed by atoms with Gasteiger partial charge >= 0.3 is 5.69 Å². The fraction of sp³-hybridized carbons (Fsp3) is 0.308. The molecule has 1 amide bonds. The molecular formula is C13H14Cl2N4O3. The second-order valence-electron chi connectivity index (χ2n) is 4.67. The molecule has 0 aliphatic rings. The number of carbonyl (C=O) groups is 1. The standard InChI is InChI=1S/C13H14Cl2N4O3/c1-18-7-17-19(13(18)22)6-12(21)16-5-11(20)9-3-2-8(14)4-10(9)15/h2-4,7,11,20H,5-6H2,1H3,(H,16,21). The highest BCUT2D eigenvalue weighted by atomic mass is 35.5. The van der Waals surface area contributed by atoms with Crippen LogP contribution in [-0.4, -0.2) is 31.9 Å². The number of amides is 1. The normalized spacial score (nSPS) is 12.2. The summed E-state index contributed by atoms with van der Waals surface area (Å²) in [5.41, 5.74) is 0.0674. The lowest BCUT2D eigenvalue weighted by Crippen LogP contribution is -2.35. The molecule has 2 N–H and O–H groups in total. The summed E-state index contributed by atoms with van der Waals surface area (Å²) in [7, 11) is 1.54. The maximum absolute atomic E-state index is 11.8. The van der Waals surface area contributed by atoms with E-state index in [0.29, 0.717) is 15.6 Å². The number of nitrogens with one attached hydrogen (secondary N) is 1. The van der Waals surface area contributed by atoms with Gasteiger partial charge in [0.2, 0.25) is 5.91 Å². The molecule has 1 aromatic carbocycles. The van der Waals surface area contributed by atoms with E-state index in [1.807, 2.05) is 0 Å². The number of carbonyl (C=O) groups excluding carboxylic acids is 1. The van der Waals surface area contributed by atoms with Crippen molar-refractivity contribution in [1.82, 2.24) is 19.7 Å². The predicted octanol–water partition coefficient (Wildman–Crippen LogP) is 0.738. The average molecular weight is 345 g/mol. The summed E-state index contributed by atoms with van der Waals surface area (Å²) in [6.45, 7) is -0.261. The summed E-state index contributed by atoms with van der Waals surface area (Å²) in [6, 6.07) is 4.70. The third kappa shape index (κ3) is 3.88. The lowest BCUT2D eigenvalue weighted by atomic mass is 10.1. The van der Waals surface area contributed by atoms with Gasteiger partial charge in [-0.2, -0.15) is 5.10 Å². The van der Waals surface area contributed by atoms with Crippen LogP contribution in [0.3, 0.4) is 0 Å². The van der Waals surface area contributed by atoms with Crippen LogP contribution in [-0.2, 0) is 18.4 Å². The van der Waals surface area contributed by atoms with Gasteiger partial charge in [0.1, 0.15) is 12.9 Å². The van der Waals surface area contributed by atoms with E-state index in [1.165, 1.54) is 24.0 Å². The molecule has 0 spiro atoms. The summed E-state index contributed by atoms with van der Waals surface area (Å²) in [5, 5.41) is 17.1. The van der Waals surface area contributed by atoms with Gasteiger partial charge in [0.05, 0.1) is 6.10 Å². The first-order chi connectivity index (χ1) is 10.4. The number of nitrogens with zero attached hydrogens (tertiary/aromatic N) is 3. The van der Waals surface area contributed by atoms with Gasteiger partial charge in [-0.15, -0.1) is 0 Å². The van der Waals surface area contributed by atoms with Crippen molar-refractivity contribution in [2.45, 2.75) is 12.6 Å². The van der Waals surface area contributed by atoms with Crippen molar-refractivity contribution in [2.75, 3.05) is 6.54 Å². The summed E-state index contributed by atoms with van der Waals surface area (Å²) in [4.78, 5) is 23.3. The van der Waals surface area contributed by atoms with E-state index in [2.05, 4.69) is 10.4 Å². The third-order valence-corrected chi connectivity index (χ3v) is 3.56. The van der Waals surface area contributed by atoms with E-state index < -0.39 is 17.7 Å². The van der Waals surface area contributed by atoms with E-state index in [4.69, 9.17) is 23.2 Å². The number of aliphatic hydroxyl groups excluding tert-OH is 1. The molecule has 9 heteroatoms. The average Bonchev–Trinajstić information content (AvgIpc) is 2.77. The highest BCUT2D eigenvalue weighted by Gasteiger charge is 2.14. The number of aliphatic hydroxyl groups is 1. The van der Waals surface area contributed by atoms with Crippen LogP contribution in [0.5, 0.6) is 0 Å². The SMILES string of the molecule is Cn1cnn(CC(=O)NCC(O)c2ccc(Cl)cc2Cl)c1=O. The van der Waals surface area contributed by atoms with Crippen LogP contribution >= 0.6 is 23.2 Å². The topological polar surface area (TPSA) is 89.2 Å². The lowest BCUT2D eigenvalue weighted by molar-refractivity contribution is -0.122. The summed E-state index contributed by atoms with van der Waals surface area (Å²) < 4.78 is 2.28. The number of hydrogen-bond donors (Lipinski definition) is 2. The number of aryl methyl sites for hydroxylation is 1. The largest absolute Gasteiger partial charge is 0.387 e. The lowest BCUT2D eigenvalue weighted by Gasteiger charge is -2.13. The molecule has 0 aliphatic carbocycles. The fourth-order valence-electron chi connectivity index (χ4n) is 1.81. The molecule has 22 heavy (non-hydrogen) atoms. The molecule has 0 aliphatic heterocycles. The second kappa shape index (κ2) is 6.95. The van der Waals surface area contributed by atoms with Crippen molar-refractivity contribution in [3.8, 4) is 0 Å². The molecule has 1 heterocycles. The number of hydrogen-bond acceptors (Lipinski definition) is 4. The van der Waals surface area contributed by atoms with Crippen LogP contribution < -0.4 is 11.0 Å². The molecule has 1 atom stereocenters. The minimum absolute atomic E-state index is 0.0399. The van der Waals surface area contributed by atoms with Gasteiger partial charge in [0.15, 0.2) is 0 Å². The minimum Gasteiger partial charge on any atom is -0.387 e. The molecule has 2 rings (SSSR count). The van der Waals surface area contributed by atoms with Gasteiger partial charge < -0.3 is 10.4 Å². The Bertz CT molecular complexity index is 741. The van der Waals surface area contributed by atoms with Crippen molar-refractivity contribution in [1.29, 1.82) is 0 Å². The molecule has 2 aromatic rings. The number of rotatable bonds is 5. The van der Waals surface area contributed by atoms with Gasteiger partial charge in [-0.25, -0.2) is 9.48 Å².